The number of nitrogens with one attached hydrogen (secondary N) is 2. The van der Waals surface area contributed by atoms with Crippen LogP contribution in [0.5, 0.6) is 0 Å². The van der Waals surface area contributed by atoms with Crippen molar-refractivity contribution >= 4 is 52.4 Å². The molecule has 25 heavy (non-hydrogen) atoms. The Bertz CT molecular complexity index is 931. The number of para-hydroxylation sites is 1. The van der Waals surface area contributed by atoms with Gasteiger partial charge in [-0.15, -0.1) is 0 Å². The van der Waals surface area contributed by atoms with Crippen LogP contribution in [0.1, 0.15) is 5.56 Å². The highest BCUT2D eigenvalue weighted by Crippen LogP contribution is 2.31. The van der Waals surface area contributed by atoms with E-state index in [1.807, 2.05) is 0 Å². The number of halogens is 2. The second-order valence-electron chi connectivity index (χ2n) is 4.88. The summed E-state index contributed by atoms with van der Waals surface area (Å²) in [7, 11) is 0. The van der Waals surface area contributed by atoms with Crippen molar-refractivity contribution in [1.29, 1.82) is 5.26 Å². The van der Waals surface area contributed by atoms with Crippen molar-refractivity contribution in [1.82, 2.24) is 15.0 Å². The van der Waals surface area contributed by atoms with Crippen LogP contribution in [0.3, 0.4) is 0 Å². The molecular weight excluding hydrogens is 361 g/mol. The summed E-state index contributed by atoms with van der Waals surface area (Å²) in [6, 6.07) is 14.0. The van der Waals surface area contributed by atoms with Crippen LogP contribution in [0.15, 0.2) is 42.5 Å². The summed E-state index contributed by atoms with van der Waals surface area (Å²) in [6.45, 7) is 0. The minimum Gasteiger partial charge on any atom is -0.368 e. The van der Waals surface area contributed by atoms with Crippen molar-refractivity contribution in [3.05, 3.63) is 58.1 Å². The number of nitrogens with two attached hydrogens (primary N) is 1. The van der Waals surface area contributed by atoms with Crippen molar-refractivity contribution in [2.75, 3.05) is 16.4 Å². The van der Waals surface area contributed by atoms with E-state index < -0.39 is 0 Å². The van der Waals surface area contributed by atoms with E-state index in [0.717, 1.165) is 0 Å². The highest BCUT2D eigenvalue weighted by Gasteiger charge is 2.10. The van der Waals surface area contributed by atoms with Gasteiger partial charge in [-0.3, -0.25) is 0 Å². The van der Waals surface area contributed by atoms with Gasteiger partial charge in [0.1, 0.15) is 0 Å². The van der Waals surface area contributed by atoms with E-state index >= 15 is 0 Å². The molecule has 3 rings (SSSR count). The Hall–Kier alpha value is -3.08. The summed E-state index contributed by atoms with van der Waals surface area (Å²) in [5.41, 5.74) is 7.46. The van der Waals surface area contributed by atoms with Gasteiger partial charge in [-0.05, 0) is 36.4 Å². The Morgan fingerprint density at radius 2 is 1.48 bits per heavy atom. The molecule has 7 nitrogen and oxygen atoms in total. The molecule has 0 saturated carbocycles. The third-order valence-corrected chi connectivity index (χ3v) is 3.75. The predicted octanol–water partition coefficient (Wildman–Crippen LogP) is 4.12. The number of hydrogen-bond donors (Lipinski definition) is 3. The molecule has 3 aromatic rings. The highest BCUT2D eigenvalue weighted by atomic mass is 35.5. The largest absolute Gasteiger partial charge is 0.368 e. The summed E-state index contributed by atoms with van der Waals surface area (Å²) in [4.78, 5) is 12.3. The number of hydrogen-bond acceptors (Lipinski definition) is 7. The lowest BCUT2D eigenvalue weighted by Crippen LogP contribution is -2.07. The molecule has 0 saturated heterocycles. The number of rotatable bonds is 4. The zero-order chi connectivity index (χ0) is 17.8. The zero-order valence-corrected chi connectivity index (χ0v) is 14.2. The van der Waals surface area contributed by atoms with E-state index in [9.17, 15) is 0 Å². The van der Waals surface area contributed by atoms with Crippen LogP contribution in [0.4, 0.5) is 29.2 Å². The Morgan fingerprint density at radius 3 is 2.08 bits per heavy atom. The fourth-order valence-corrected chi connectivity index (χ4v) is 2.48. The molecule has 0 amide bonds. The molecule has 1 heterocycles. The van der Waals surface area contributed by atoms with E-state index in [-0.39, 0.29) is 17.8 Å². The maximum absolute atomic E-state index is 8.83. The molecule has 4 N–H and O–H groups in total. The van der Waals surface area contributed by atoms with Crippen LogP contribution in [0.2, 0.25) is 10.0 Å². The first-order valence-electron chi connectivity index (χ1n) is 7.05. The number of nitrogens with zero attached hydrogens (tertiary/aromatic N) is 4. The monoisotopic (exact) mass is 371 g/mol. The lowest BCUT2D eigenvalue weighted by molar-refractivity contribution is 1.07. The molecule has 124 valence electrons. The van der Waals surface area contributed by atoms with Crippen molar-refractivity contribution in [2.45, 2.75) is 0 Å². The first kappa shape index (κ1) is 16.8. The van der Waals surface area contributed by atoms with Gasteiger partial charge in [0.05, 0.1) is 27.4 Å². The number of aromatic nitrogens is 3. The van der Waals surface area contributed by atoms with Crippen molar-refractivity contribution in [3.8, 4) is 6.07 Å². The Labute approximate surface area is 153 Å². The third kappa shape index (κ3) is 4.07. The molecule has 0 radical (unpaired) electrons. The van der Waals surface area contributed by atoms with Gasteiger partial charge in [-0.2, -0.15) is 20.2 Å². The molecule has 0 atom stereocenters. The van der Waals surface area contributed by atoms with Gasteiger partial charge in [0, 0.05) is 5.69 Å². The van der Waals surface area contributed by atoms with Gasteiger partial charge < -0.3 is 16.4 Å². The molecular formula is C16H11Cl2N7. The fourth-order valence-electron chi connectivity index (χ4n) is 1.99. The quantitative estimate of drug-likeness (QED) is 0.631. The van der Waals surface area contributed by atoms with Gasteiger partial charge >= 0.3 is 0 Å². The van der Waals surface area contributed by atoms with Gasteiger partial charge in [0.2, 0.25) is 17.8 Å². The predicted molar refractivity (Wildman–Crippen MR) is 98.4 cm³/mol. The fraction of sp³-hybridized carbons (Fsp3) is 0. The molecule has 0 unspecified atom stereocenters. The second kappa shape index (κ2) is 7.21. The van der Waals surface area contributed by atoms with E-state index in [2.05, 4.69) is 31.7 Å². The average Bonchev–Trinajstić information content (AvgIpc) is 2.58. The average molecular weight is 372 g/mol. The molecule has 0 fully saturated rings. The van der Waals surface area contributed by atoms with Crippen LogP contribution < -0.4 is 16.4 Å². The second-order valence-corrected chi connectivity index (χ2v) is 5.69. The third-order valence-electron chi connectivity index (χ3n) is 3.12. The minimum absolute atomic E-state index is 0.0248. The van der Waals surface area contributed by atoms with Crippen molar-refractivity contribution in [3.63, 3.8) is 0 Å². The molecule has 2 aromatic carbocycles. The summed E-state index contributed by atoms with van der Waals surface area (Å²) in [5, 5.41) is 15.6. The number of benzene rings is 2. The minimum atomic E-state index is 0.0248. The maximum Gasteiger partial charge on any atom is 0.233 e. The molecule has 9 heteroatoms. The van der Waals surface area contributed by atoms with Crippen LogP contribution in [-0.4, -0.2) is 15.0 Å². The van der Waals surface area contributed by atoms with Gasteiger partial charge in [-0.25, -0.2) is 0 Å². The maximum atomic E-state index is 8.83. The first-order valence-corrected chi connectivity index (χ1v) is 7.80. The lowest BCUT2D eigenvalue weighted by atomic mass is 10.2. The normalized spacial score (nSPS) is 10.1. The highest BCUT2D eigenvalue weighted by molar-refractivity contribution is 6.39. The molecule has 0 aliphatic heterocycles. The number of nitriles is 1. The first-order chi connectivity index (χ1) is 12.0. The van der Waals surface area contributed by atoms with Crippen LogP contribution in [-0.2, 0) is 0 Å². The Balaban J connectivity index is 1.86. The van der Waals surface area contributed by atoms with Crippen LogP contribution >= 0.6 is 23.2 Å². The van der Waals surface area contributed by atoms with E-state index in [1.165, 1.54) is 0 Å². The molecule has 1 aromatic heterocycles. The van der Waals surface area contributed by atoms with Gasteiger partial charge in [0.25, 0.3) is 0 Å². The Morgan fingerprint density at radius 1 is 0.880 bits per heavy atom. The molecule has 0 spiro atoms. The molecule has 0 bridgehead atoms. The van der Waals surface area contributed by atoms with Crippen molar-refractivity contribution in [2.24, 2.45) is 0 Å². The van der Waals surface area contributed by atoms with Crippen LogP contribution in [0.25, 0.3) is 0 Å². The molecule has 0 aliphatic rings. The summed E-state index contributed by atoms with van der Waals surface area (Å²) in [6.07, 6.45) is 0. The van der Waals surface area contributed by atoms with Gasteiger partial charge in [0.15, 0.2) is 0 Å². The topological polar surface area (TPSA) is 113 Å². The Kier molecular flexibility index (Phi) is 4.84. The van der Waals surface area contributed by atoms with E-state index in [4.69, 9.17) is 34.2 Å². The number of anilines is 5. The SMILES string of the molecule is N#Cc1ccc(Nc2nc(N)nc(Nc3c(Cl)cccc3Cl)n2)cc1. The van der Waals surface area contributed by atoms with Gasteiger partial charge in [-0.1, -0.05) is 29.3 Å². The standard InChI is InChI=1S/C16H11Cl2N7/c17-11-2-1-3-12(18)13(11)22-16-24-14(20)23-15(25-16)21-10-6-4-9(8-19)5-7-10/h1-7H,(H4,20,21,22,23,24,25). The zero-order valence-electron chi connectivity index (χ0n) is 12.7. The molecule has 0 aliphatic carbocycles. The van der Waals surface area contributed by atoms with E-state index in [0.29, 0.717) is 27.0 Å². The number of nitrogen functional groups attached to an aromatic ring is 1. The smallest absolute Gasteiger partial charge is 0.233 e. The van der Waals surface area contributed by atoms with Crippen LogP contribution in [0, 0.1) is 11.3 Å². The lowest BCUT2D eigenvalue weighted by Gasteiger charge is -2.11. The summed E-state index contributed by atoms with van der Waals surface area (Å²) < 4.78 is 0. The summed E-state index contributed by atoms with van der Waals surface area (Å²) >= 11 is 12.3. The summed E-state index contributed by atoms with van der Waals surface area (Å²) in [5.74, 6) is 0.457. The van der Waals surface area contributed by atoms with Crippen molar-refractivity contribution < 1.29 is 0 Å². The van der Waals surface area contributed by atoms with E-state index in [1.54, 1.807) is 42.5 Å².